The van der Waals surface area contributed by atoms with Crippen LogP contribution in [0.15, 0.2) is 65.5 Å². The van der Waals surface area contributed by atoms with Crippen molar-refractivity contribution in [3.05, 3.63) is 66.7 Å². The Kier molecular flexibility index (Phi) is 5.47. The number of rotatable bonds is 8. The van der Waals surface area contributed by atoms with E-state index in [-0.39, 0.29) is 0 Å². The number of oxazole rings is 1. The van der Waals surface area contributed by atoms with Crippen molar-refractivity contribution in [3.8, 4) is 23.0 Å². The van der Waals surface area contributed by atoms with Crippen molar-refractivity contribution in [2.45, 2.75) is 26.4 Å². The molecule has 4 rings (SSSR count). The van der Waals surface area contributed by atoms with Crippen molar-refractivity contribution in [2.24, 2.45) is 0 Å². The zero-order chi connectivity index (χ0) is 19.2. The van der Waals surface area contributed by atoms with Gasteiger partial charge in [0.05, 0.1) is 24.1 Å². The third kappa shape index (κ3) is 4.28. The lowest BCUT2D eigenvalue weighted by atomic mass is 10.3. The van der Waals surface area contributed by atoms with Crippen LogP contribution < -0.4 is 9.47 Å². The van der Waals surface area contributed by atoms with Crippen LogP contribution in [0.5, 0.6) is 11.5 Å². The van der Waals surface area contributed by atoms with Crippen LogP contribution in [0.25, 0.3) is 22.6 Å². The van der Waals surface area contributed by atoms with Crippen LogP contribution in [0, 0.1) is 0 Å². The maximum Gasteiger partial charge on any atom is 0.228 e. The molecule has 3 heterocycles. The van der Waals surface area contributed by atoms with Gasteiger partial charge in [0, 0.05) is 18.5 Å². The summed E-state index contributed by atoms with van der Waals surface area (Å²) in [5, 5.41) is 0. The van der Waals surface area contributed by atoms with Crippen LogP contribution in [-0.4, -0.2) is 21.6 Å². The Labute approximate surface area is 163 Å². The molecule has 0 aliphatic heterocycles. The third-order valence-electron chi connectivity index (χ3n) is 4.22. The van der Waals surface area contributed by atoms with Crippen molar-refractivity contribution < 1.29 is 13.9 Å². The second-order valence-corrected chi connectivity index (χ2v) is 6.37. The summed E-state index contributed by atoms with van der Waals surface area (Å²) in [6.45, 7) is 3.22. The highest BCUT2D eigenvalue weighted by Crippen LogP contribution is 2.26. The molecule has 0 atom stereocenters. The topological polar surface area (TPSA) is 70.3 Å². The molecule has 6 nitrogen and oxygen atoms in total. The first-order valence-corrected chi connectivity index (χ1v) is 9.33. The Balaban J connectivity index is 1.41. The number of unbranched alkanes of at least 4 members (excludes halogenated alkanes) is 1. The molecule has 0 amide bonds. The molecule has 0 aliphatic carbocycles. The largest absolute Gasteiger partial charge is 0.492 e. The Morgan fingerprint density at radius 3 is 2.71 bits per heavy atom. The first-order valence-electron chi connectivity index (χ1n) is 9.33. The van der Waals surface area contributed by atoms with E-state index in [1.165, 1.54) is 0 Å². The molecule has 0 unspecified atom stereocenters. The van der Waals surface area contributed by atoms with E-state index in [4.69, 9.17) is 13.9 Å². The highest BCUT2D eigenvalue weighted by atomic mass is 16.5. The summed E-state index contributed by atoms with van der Waals surface area (Å²) in [6, 6.07) is 13.2. The van der Waals surface area contributed by atoms with E-state index >= 15 is 0 Å². The Hall–Kier alpha value is -3.41. The summed E-state index contributed by atoms with van der Waals surface area (Å²) in [5.41, 5.74) is 3.12. The number of pyridine rings is 2. The van der Waals surface area contributed by atoms with Crippen molar-refractivity contribution >= 4 is 11.1 Å². The first-order chi connectivity index (χ1) is 13.8. The molecule has 3 aromatic heterocycles. The lowest BCUT2D eigenvalue weighted by Gasteiger charge is -2.07. The zero-order valence-corrected chi connectivity index (χ0v) is 15.7. The van der Waals surface area contributed by atoms with Gasteiger partial charge in [-0.15, -0.1) is 0 Å². The van der Waals surface area contributed by atoms with Crippen LogP contribution in [0.3, 0.4) is 0 Å². The van der Waals surface area contributed by atoms with Gasteiger partial charge in [0.1, 0.15) is 23.6 Å². The van der Waals surface area contributed by atoms with E-state index in [1.54, 1.807) is 18.6 Å². The molecule has 0 bridgehead atoms. The van der Waals surface area contributed by atoms with Gasteiger partial charge in [-0.3, -0.25) is 9.97 Å². The minimum Gasteiger partial charge on any atom is -0.492 e. The predicted molar refractivity (Wildman–Crippen MR) is 106 cm³/mol. The zero-order valence-electron chi connectivity index (χ0n) is 15.7. The minimum absolute atomic E-state index is 0.369. The van der Waals surface area contributed by atoms with Gasteiger partial charge in [-0.2, -0.15) is 0 Å². The molecule has 142 valence electrons. The standard InChI is InChI=1S/C22H21N3O3/c1-2-3-11-26-19-7-6-17(24-14-19)15-27-18-8-9-21-20(12-18)25-22(28-21)16-5-4-10-23-13-16/h4-10,12-14H,2-3,11,15H2,1H3. The molecule has 0 N–H and O–H groups in total. The second kappa shape index (κ2) is 8.52. The molecule has 0 spiro atoms. The molecule has 0 saturated carbocycles. The van der Waals surface area contributed by atoms with E-state index in [0.717, 1.165) is 35.4 Å². The highest BCUT2D eigenvalue weighted by Gasteiger charge is 2.09. The lowest BCUT2D eigenvalue weighted by molar-refractivity contribution is 0.297. The van der Waals surface area contributed by atoms with E-state index in [0.29, 0.717) is 30.4 Å². The Morgan fingerprint density at radius 2 is 1.93 bits per heavy atom. The fraction of sp³-hybridized carbons (Fsp3) is 0.227. The SMILES string of the molecule is CCCCOc1ccc(COc2ccc3oc(-c4cccnc4)nc3c2)nc1. The van der Waals surface area contributed by atoms with Crippen LogP contribution in [0.2, 0.25) is 0 Å². The van der Waals surface area contributed by atoms with Crippen molar-refractivity contribution in [1.29, 1.82) is 0 Å². The van der Waals surface area contributed by atoms with Crippen LogP contribution >= 0.6 is 0 Å². The van der Waals surface area contributed by atoms with Gasteiger partial charge in [0.15, 0.2) is 5.58 Å². The fourth-order valence-electron chi connectivity index (χ4n) is 2.68. The molecule has 28 heavy (non-hydrogen) atoms. The number of benzene rings is 1. The minimum atomic E-state index is 0.369. The summed E-state index contributed by atoms with van der Waals surface area (Å²) in [4.78, 5) is 13.0. The number of ether oxygens (including phenoxy) is 2. The predicted octanol–water partition coefficient (Wildman–Crippen LogP) is 5.04. The van der Waals surface area contributed by atoms with Crippen LogP contribution in [0.4, 0.5) is 0 Å². The van der Waals surface area contributed by atoms with E-state index in [9.17, 15) is 0 Å². The molecular formula is C22H21N3O3. The van der Waals surface area contributed by atoms with Crippen molar-refractivity contribution in [3.63, 3.8) is 0 Å². The van der Waals surface area contributed by atoms with Gasteiger partial charge in [-0.25, -0.2) is 4.98 Å². The summed E-state index contributed by atoms with van der Waals surface area (Å²) in [7, 11) is 0. The monoisotopic (exact) mass is 375 g/mol. The number of hydrogen-bond acceptors (Lipinski definition) is 6. The number of hydrogen-bond donors (Lipinski definition) is 0. The molecular weight excluding hydrogens is 354 g/mol. The molecule has 4 aromatic rings. The molecule has 0 saturated heterocycles. The molecule has 1 aromatic carbocycles. The first kappa shape index (κ1) is 18.0. The molecule has 0 aliphatic rings. The second-order valence-electron chi connectivity index (χ2n) is 6.37. The average molecular weight is 375 g/mol. The van der Waals surface area contributed by atoms with Gasteiger partial charge < -0.3 is 13.9 Å². The van der Waals surface area contributed by atoms with Gasteiger partial charge in [-0.05, 0) is 42.8 Å². The smallest absolute Gasteiger partial charge is 0.228 e. The average Bonchev–Trinajstić information content (AvgIpc) is 3.17. The van der Waals surface area contributed by atoms with E-state index in [2.05, 4.69) is 21.9 Å². The lowest BCUT2D eigenvalue weighted by Crippen LogP contribution is -2.00. The van der Waals surface area contributed by atoms with Gasteiger partial charge in [0.25, 0.3) is 0 Å². The maximum atomic E-state index is 5.86. The van der Waals surface area contributed by atoms with E-state index < -0.39 is 0 Å². The number of nitrogens with zero attached hydrogens (tertiary/aromatic N) is 3. The van der Waals surface area contributed by atoms with Crippen molar-refractivity contribution in [1.82, 2.24) is 15.0 Å². The summed E-state index contributed by atoms with van der Waals surface area (Å²) < 4.78 is 17.3. The summed E-state index contributed by atoms with van der Waals surface area (Å²) in [6.07, 6.45) is 7.33. The number of fused-ring (bicyclic) bond motifs is 1. The third-order valence-corrected chi connectivity index (χ3v) is 4.22. The number of aromatic nitrogens is 3. The van der Waals surface area contributed by atoms with Crippen LogP contribution in [-0.2, 0) is 6.61 Å². The maximum absolute atomic E-state index is 5.86. The van der Waals surface area contributed by atoms with Crippen LogP contribution in [0.1, 0.15) is 25.5 Å². The summed E-state index contributed by atoms with van der Waals surface area (Å²) >= 11 is 0. The Bertz CT molecular complexity index is 1030. The van der Waals surface area contributed by atoms with Gasteiger partial charge in [0.2, 0.25) is 5.89 Å². The van der Waals surface area contributed by atoms with Crippen molar-refractivity contribution in [2.75, 3.05) is 6.61 Å². The van der Waals surface area contributed by atoms with E-state index in [1.807, 2.05) is 42.5 Å². The van der Waals surface area contributed by atoms with Gasteiger partial charge in [-0.1, -0.05) is 13.3 Å². The summed E-state index contributed by atoms with van der Waals surface area (Å²) in [5.74, 6) is 2.04. The molecule has 0 fully saturated rings. The quantitative estimate of drug-likeness (QED) is 0.402. The molecule has 6 heteroatoms. The van der Waals surface area contributed by atoms with Gasteiger partial charge >= 0.3 is 0 Å². The highest BCUT2D eigenvalue weighted by molar-refractivity contribution is 5.77. The Morgan fingerprint density at radius 1 is 1.00 bits per heavy atom. The normalized spacial score (nSPS) is 10.9. The molecule has 0 radical (unpaired) electrons. The fourth-order valence-corrected chi connectivity index (χ4v) is 2.68.